The Morgan fingerprint density at radius 1 is 1.05 bits per heavy atom. The lowest BCUT2D eigenvalue weighted by Gasteiger charge is -2.34. The van der Waals surface area contributed by atoms with Gasteiger partial charge >= 0.3 is 0 Å². The van der Waals surface area contributed by atoms with Crippen LogP contribution in [0.4, 0.5) is 0 Å². The molecule has 3 nitrogen and oxygen atoms in total. The summed E-state index contributed by atoms with van der Waals surface area (Å²) in [6.07, 6.45) is 0. The summed E-state index contributed by atoms with van der Waals surface area (Å²) in [7, 11) is 0. The van der Waals surface area contributed by atoms with E-state index in [1.165, 1.54) is 16.2 Å². The Hall–Kier alpha value is -0.300. The topological polar surface area (TPSA) is 23.6 Å². The zero-order chi connectivity index (χ0) is 15.7. The Balaban J connectivity index is 1.57. The molecule has 1 saturated heterocycles. The lowest BCUT2D eigenvalue weighted by atomic mass is 10.2. The monoisotopic (exact) mass is 394 g/mol. The average molecular weight is 396 g/mol. The molecule has 2 aromatic heterocycles. The molecular weight excluding hydrogens is 383 g/mol. The molecule has 0 N–H and O–H groups in total. The molecule has 8 heteroatoms. The van der Waals surface area contributed by atoms with Crippen molar-refractivity contribution < 1.29 is 4.79 Å². The summed E-state index contributed by atoms with van der Waals surface area (Å²) >= 11 is 20.8. The molecule has 118 valence electrons. The van der Waals surface area contributed by atoms with Crippen molar-refractivity contribution in [2.75, 3.05) is 26.2 Å². The molecule has 1 aliphatic rings. The van der Waals surface area contributed by atoms with Gasteiger partial charge in [-0.05, 0) is 18.2 Å². The second-order valence-electron chi connectivity index (χ2n) is 5.01. The molecule has 2 aromatic rings. The van der Waals surface area contributed by atoms with Crippen LogP contribution >= 0.6 is 57.5 Å². The van der Waals surface area contributed by atoms with Gasteiger partial charge in [-0.15, -0.1) is 22.7 Å². The minimum absolute atomic E-state index is 0.0352. The molecule has 3 rings (SSSR count). The molecule has 0 saturated carbocycles. The van der Waals surface area contributed by atoms with Gasteiger partial charge in [0, 0.05) is 37.6 Å². The van der Waals surface area contributed by atoms with E-state index in [2.05, 4.69) is 11.0 Å². The van der Waals surface area contributed by atoms with E-state index in [0.717, 1.165) is 24.0 Å². The Labute approximate surface area is 152 Å². The highest BCUT2D eigenvalue weighted by Gasteiger charge is 2.25. The number of hydrogen-bond donors (Lipinski definition) is 0. The summed E-state index contributed by atoms with van der Waals surface area (Å²) in [6.45, 7) is 3.96. The van der Waals surface area contributed by atoms with Crippen LogP contribution in [0.25, 0.3) is 0 Å². The van der Waals surface area contributed by atoms with Gasteiger partial charge in [0.1, 0.15) is 4.34 Å². The molecule has 1 fully saturated rings. The molecule has 0 radical (unpaired) electrons. The van der Waals surface area contributed by atoms with Crippen LogP contribution in [0.5, 0.6) is 0 Å². The average Bonchev–Trinajstić information content (AvgIpc) is 3.04. The minimum Gasteiger partial charge on any atom is -0.336 e. The van der Waals surface area contributed by atoms with E-state index in [1.54, 1.807) is 17.4 Å². The normalized spacial score (nSPS) is 16.2. The molecule has 1 amide bonds. The van der Waals surface area contributed by atoms with Gasteiger partial charge in [-0.3, -0.25) is 9.69 Å². The number of carbonyl (C=O) groups is 1. The first-order chi connectivity index (χ1) is 10.5. The quantitative estimate of drug-likeness (QED) is 0.750. The number of rotatable bonds is 3. The molecule has 0 unspecified atom stereocenters. The number of piperazine rings is 1. The van der Waals surface area contributed by atoms with Crippen LogP contribution in [0.2, 0.25) is 13.0 Å². The van der Waals surface area contributed by atoms with Gasteiger partial charge in [-0.25, -0.2) is 0 Å². The number of amides is 1. The van der Waals surface area contributed by atoms with E-state index >= 15 is 0 Å². The molecule has 0 bridgehead atoms. The molecule has 22 heavy (non-hydrogen) atoms. The van der Waals surface area contributed by atoms with Crippen LogP contribution in [-0.4, -0.2) is 41.9 Å². The van der Waals surface area contributed by atoms with Crippen LogP contribution in [0, 0.1) is 0 Å². The Morgan fingerprint density at radius 2 is 1.77 bits per heavy atom. The molecule has 1 aliphatic heterocycles. The zero-order valence-corrected chi connectivity index (χ0v) is 15.4. The Morgan fingerprint density at radius 3 is 2.32 bits per heavy atom. The third-order valence-corrected chi connectivity index (χ3v) is 6.26. The van der Waals surface area contributed by atoms with Gasteiger partial charge in [0.25, 0.3) is 5.91 Å². The van der Waals surface area contributed by atoms with Crippen molar-refractivity contribution in [1.29, 1.82) is 0 Å². The third kappa shape index (κ3) is 3.78. The Bertz CT molecular complexity index is 677. The van der Waals surface area contributed by atoms with E-state index in [9.17, 15) is 4.79 Å². The smallest absolute Gasteiger partial charge is 0.256 e. The van der Waals surface area contributed by atoms with Gasteiger partial charge in [0.15, 0.2) is 0 Å². The summed E-state index contributed by atoms with van der Waals surface area (Å²) in [5.41, 5.74) is 0.509. The predicted molar refractivity (Wildman–Crippen MR) is 94.8 cm³/mol. The van der Waals surface area contributed by atoms with E-state index < -0.39 is 0 Å². The first kappa shape index (κ1) is 16.6. The summed E-state index contributed by atoms with van der Waals surface area (Å²) in [4.78, 5) is 17.9. The van der Waals surface area contributed by atoms with E-state index in [-0.39, 0.29) is 5.91 Å². The first-order valence-corrected chi connectivity index (χ1v) is 9.50. The minimum atomic E-state index is -0.0352. The number of thiophene rings is 2. The second-order valence-corrected chi connectivity index (χ2v) is 9.10. The maximum absolute atomic E-state index is 12.5. The van der Waals surface area contributed by atoms with E-state index in [4.69, 9.17) is 34.8 Å². The third-order valence-electron chi connectivity index (χ3n) is 3.55. The molecule has 0 aromatic carbocycles. The van der Waals surface area contributed by atoms with Crippen LogP contribution < -0.4 is 0 Å². The van der Waals surface area contributed by atoms with Gasteiger partial charge in [-0.2, -0.15) is 0 Å². The summed E-state index contributed by atoms with van der Waals surface area (Å²) in [5.74, 6) is -0.0352. The van der Waals surface area contributed by atoms with E-state index in [1.807, 2.05) is 11.0 Å². The fourth-order valence-electron chi connectivity index (χ4n) is 2.42. The highest BCUT2D eigenvalue weighted by atomic mass is 35.5. The number of nitrogens with zero attached hydrogens (tertiary/aromatic N) is 2. The highest BCUT2D eigenvalue weighted by Crippen LogP contribution is 2.32. The summed E-state index contributed by atoms with van der Waals surface area (Å²) in [5, 5.41) is 0. The second kappa shape index (κ2) is 7.07. The zero-order valence-electron chi connectivity index (χ0n) is 11.5. The van der Waals surface area contributed by atoms with Crippen molar-refractivity contribution >= 4 is 63.4 Å². The standard InChI is InChI=1S/C14H13Cl3N2OS2/c15-11-2-1-9(21-11)8-18-3-5-19(6-4-18)14(20)10-7-12(16)22-13(10)17/h1-2,7H,3-6,8H2. The molecule has 0 aliphatic carbocycles. The highest BCUT2D eigenvalue weighted by molar-refractivity contribution is 7.20. The molecule has 0 spiro atoms. The summed E-state index contributed by atoms with van der Waals surface area (Å²) in [6, 6.07) is 5.62. The fraction of sp³-hybridized carbons (Fsp3) is 0.357. The molecule has 3 heterocycles. The van der Waals surface area contributed by atoms with Gasteiger partial charge < -0.3 is 4.90 Å². The SMILES string of the molecule is O=C(c1cc(Cl)sc1Cl)N1CCN(Cc2ccc(Cl)s2)CC1. The van der Waals surface area contributed by atoms with Gasteiger partial charge in [0.2, 0.25) is 0 Å². The van der Waals surface area contributed by atoms with Crippen molar-refractivity contribution in [2.45, 2.75) is 6.54 Å². The van der Waals surface area contributed by atoms with Crippen molar-refractivity contribution in [3.63, 3.8) is 0 Å². The lowest BCUT2D eigenvalue weighted by Crippen LogP contribution is -2.48. The lowest BCUT2D eigenvalue weighted by molar-refractivity contribution is 0.0630. The van der Waals surface area contributed by atoms with Crippen molar-refractivity contribution in [3.8, 4) is 0 Å². The van der Waals surface area contributed by atoms with Crippen LogP contribution in [0.1, 0.15) is 15.2 Å². The molecule has 0 atom stereocenters. The number of carbonyl (C=O) groups excluding carboxylic acids is 1. The fourth-order valence-corrected chi connectivity index (χ4v) is 5.00. The van der Waals surface area contributed by atoms with Gasteiger partial charge in [0.05, 0.1) is 14.2 Å². The van der Waals surface area contributed by atoms with Crippen molar-refractivity contribution in [2.24, 2.45) is 0 Å². The number of hydrogen-bond acceptors (Lipinski definition) is 4. The van der Waals surface area contributed by atoms with E-state index in [0.29, 0.717) is 27.3 Å². The Kier molecular flexibility index (Phi) is 5.32. The maximum atomic E-state index is 12.5. The van der Waals surface area contributed by atoms with Crippen molar-refractivity contribution in [3.05, 3.63) is 41.6 Å². The van der Waals surface area contributed by atoms with Crippen molar-refractivity contribution in [1.82, 2.24) is 9.80 Å². The van der Waals surface area contributed by atoms with Crippen LogP contribution in [-0.2, 0) is 6.54 Å². The molecular formula is C14H13Cl3N2OS2. The van der Waals surface area contributed by atoms with Crippen LogP contribution in [0.3, 0.4) is 0 Å². The van der Waals surface area contributed by atoms with Crippen LogP contribution in [0.15, 0.2) is 18.2 Å². The predicted octanol–water partition coefficient (Wildman–Crippen LogP) is 4.73. The largest absolute Gasteiger partial charge is 0.336 e. The maximum Gasteiger partial charge on any atom is 0.256 e. The number of halogens is 3. The first-order valence-electron chi connectivity index (χ1n) is 6.73. The summed E-state index contributed by atoms with van der Waals surface area (Å²) < 4.78 is 1.82. The van der Waals surface area contributed by atoms with Gasteiger partial charge in [-0.1, -0.05) is 34.8 Å².